The molecule has 2 atom stereocenters. The summed E-state index contributed by atoms with van der Waals surface area (Å²) in [5, 5.41) is 3.60. The molecule has 0 amide bonds. The molecule has 2 unspecified atom stereocenters. The molecule has 0 radical (unpaired) electrons. The molecular formula is C20H31FN2. The molecule has 3 rings (SSSR count). The monoisotopic (exact) mass is 318 g/mol. The zero-order valence-electron chi connectivity index (χ0n) is 14.8. The predicted molar refractivity (Wildman–Crippen MR) is 94.1 cm³/mol. The molecule has 2 fully saturated rings. The van der Waals surface area contributed by atoms with Gasteiger partial charge >= 0.3 is 0 Å². The van der Waals surface area contributed by atoms with Crippen LogP contribution in [0.5, 0.6) is 0 Å². The molecule has 0 aromatic heterocycles. The summed E-state index contributed by atoms with van der Waals surface area (Å²) in [5.41, 5.74) is 1.70. The fourth-order valence-electron chi connectivity index (χ4n) is 4.45. The summed E-state index contributed by atoms with van der Waals surface area (Å²) in [5.74, 6) is 2.02. The highest BCUT2D eigenvalue weighted by molar-refractivity contribution is 5.21. The average Bonchev–Trinajstić information content (AvgIpc) is 2.97. The first-order chi connectivity index (χ1) is 10.9. The van der Waals surface area contributed by atoms with Crippen LogP contribution < -0.4 is 5.32 Å². The van der Waals surface area contributed by atoms with Crippen molar-refractivity contribution in [3.8, 4) is 0 Å². The van der Waals surface area contributed by atoms with E-state index >= 15 is 0 Å². The van der Waals surface area contributed by atoms with E-state index in [2.05, 4.69) is 31.0 Å². The van der Waals surface area contributed by atoms with E-state index in [1.165, 1.54) is 51.1 Å². The fourth-order valence-corrected chi connectivity index (χ4v) is 4.45. The van der Waals surface area contributed by atoms with E-state index < -0.39 is 0 Å². The second-order valence-corrected chi connectivity index (χ2v) is 8.52. The van der Waals surface area contributed by atoms with Crippen LogP contribution in [0.4, 0.5) is 4.39 Å². The lowest BCUT2D eigenvalue weighted by Gasteiger charge is -2.37. The van der Waals surface area contributed by atoms with Crippen LogP contribution in [0.1, 0.15) is 45.1 Å². The third-order valence-corrected chi connectivity index (χ3v) is 5.87. The Kier molecular flexibility index (Phi) is 5.07. The predicted octanol–water partition coefficient (Wildman–Crippen LogP) is 3.89. The van der Waals surface area contributed by atoms with Crippen LogP contribution in [0.3, 0.4) is 0 Å². The van der Waals surface area contributed by atoms with Gasteiger partial charge in [0.05, 0.1) is 0 Å². The number of hydrogen-bond donors (Lipinski definition) is 1. The first kappa shape index (κ1) is 16.9. The summed E-state index contributed by atoms with van der Waals surface area (Å²) in [7, 11) is 0. The third-order valence-electron chi connectivity index (χ3n) is 5.87. The van der Waals surface area contributed by atoms with Gasteiger partial charge < -0.3 is 10.2 Å². The summed E-state index contributed by atoms with van der Waals surface area (Å²) in [4.78, 5) is 2.65. The largest absolute Gasteiger partial charge is 0.316 e. The zero-order valence-corrected chi connectivity index (χ0v) is 14.8. The van der Waals surface area contributed by atoms with Crippen molar-refractivity contribution in [2.75, 3.05) is 32.7 Å². The highest BCUT2D eigenvalue weighted by Crippen LogP contribution is 2.36. The van der Waals surface area contributed by atoms with Gasteiger partial charge in [0.1, 0.15) is 5.82 Å². The molecule has 2 aliphatic heterocycles. The third kappa shape index (κ3) is 4.13. The van der Waals surface area contributed by atoms with Gasteiger partial charge in [-0.25, -0.2) is 4.39 Å². The smallest absolute Gasteiger partial charge is 0.123 e. The summed E-state index contributed by atoms with van der Waals surface area (Å²) in [6, 6.07) is 7.12. The molecule has 2 aliphatic rings. The highest BCUT2D eigenvalue weighted by atomic mass is 19.1. The number of rotatable bonds is 3. The molecule has 0 bridgehead atoms. The molecule has 1 aromatic rings. The van der Waals surface area contributed by atoms with Gasteiger partial charge in [-0.1, -0.05) is 32.9 Å². The van der Waals surface area contributed by atoms with Crippen molar-refractivity contribution < 1.29 is 4.39 Å². The number of piperidine rings is 1. The molecule has 2 nitrogen and oxygen atoms in total. The molecule has 23 heavy (non-hydrogen) atoms. The van der Waals surface area contributed by atoms with Crippen LogP contribution in [-0.2, 0) is 0 Å². The van der Waals surface area contributed by atoms with Gasteiger partial charge in [-0.3, -0.25) is 0 Å². The standard InChI is InChI=1S/C20H31FN2/c1-20(2,3)19-13-22-12-17(19)14-23-10-8-16(9-11-23)15-4-6-18(21)7-5-15/h4-7,16-17,19,22H,8-14H2,1-3H3. The summed E-state index contributed by atoms with van der Waals surface area (Å²) in [6.45, 7) is 13.0. The van der Waals surface area contributed by atoms with E-state index in [-0.39, 0.29) is 5.82 Å². The van der Waals surface area contributed by atoms with E-state index in [9.17, 15) is 4.39 Å². The minimum absolute atomic E-state index is 0.131. The Bertz CT molecular complexity index is 497. The molecule has 0 spiro atoms. The quantitative estimate of drug-likeness (QED) is 0.909. The molecular weight excluding hydrogens is 287 g/mol. The first-order valence-electron chi connectivity index (χ1n) is 9.12. The van der Waals surface area contributed by atoms with Crippen LogP contribution in [0, 0.1) is 23.1 Å². The lowest BCUT2D eigenvalue weighted by Crippen LogP contribution is -2.40. The number of hydrogen-bond acceptors (Lipinski definition) is 2. The molecule has 1 aromatic carbocycles. The van der Waals surface area contributed by atoms with Crippen LogP contribution in [0.2, 0.25) is 0 Å². The summed E-state index contributed by atoms with van der Waals surface area (Å²) >= 11 is 0. The topological polar surface area (TPSA) is 15.3 Å². The van der Waals surface area contributed by atoms with E-state index in [1.807, 2.05) is 12.1 Å². The van der Waals surface area contributed by atoms with E-state index in [0.29, 0.717) is 11.3 Å². The van der Waals surface area contributed by atoms with Gasteiger partial charge in [-0.15, -0.1) is 0 Å². The minimum atomic E-state index is -0.131. The number of likely N-dealkylation sites (tertiary alicyclic amines) is 1. The number of nitrogens with zero attached hydrogens (tertiary/aromatic N) is 1. The Morgan fingerprint density at radius 3 is 2.35 bits per heavy atom. The maximum absolute atomic E-state index is 13.1. The van der Waals surface area contributed by atoms with E-state index in [4.69, 9.17) is 0 Å². The Labute approximate surface area is 140 Å². The van der Waals surface area contributed by atoms with Crippen LogP contribution in [0.15, 0.2) is 24.3 Å². The van der Waals surface area contributed by atoms with Crippen LogP contribution in [0.25, 0.3) is 0 Å². The van der Waals surface area contributed by atoms with Gasteiger partial charge in [-0.2, -0.15) is 0 Å². The minimum Gasteiger partial charge on any atom is -0.316 e. The van der Waals surface area contributed by atoms with E-state index in [0.717, 1.165) is 11.8 Å². The second-order valence-electron chi connectivity index (χ2n) is 8.52. The van der Waals surface area contributed by atoms with Crippen molar-refractivity contribution >= 4 is 0 Å². The van der Waals surface area contributed by atoms with Crippen molar-refractivity contribution in [2.45, 2.75) is 39.5 Å². The Morgan fingerprint density at radius 1 is 1.09 bits per heavy atom. The lowest BCUT2D eigenvalue weighted by atomic mass is 9.74. The number of halogens is 1. The fraction of sp³-hybridized carbons (Fsp3) is 0.700. The maximum Gasteiger partial charge on any atom is 0.123 e. The molecule has 0 aliphatic carbocycles. The van der Waals surface area contributed by atoms with Crippen molar-refractivity contribution in [1.82, 2.24) is 10.2 Å². The molecule has 0 saturated carbocycles. The average molecular weight is 318 g/mol. The van der Waals surface area contributed by atoms with Gasteiger partial charge in [0.25, 0.3) is 0 Å². The second kappa shape index (κ2) is 6.90. The van der Waals surface area contributed by atoms with Gasteiger partial charge in [0, 0.05) is 6.54 Å². The number of benzene rings is 1. The lowest BCUT2D eigenvalue weighted by molar-refractivity contribution is 0.130. The molecule has 3 heteroatoms. The van der Waals surface area contributed by atoms with Crippen molar-refractivity contribution in [1.29, 1.82) is 0 Å². The summed E-state index contributed by atoms with van der Waals surface area (Å²) < 4.78 is 13.1. The number of nitrogens with one attached hydrogen (secondary N) is 1. The molecule has 2 saturated heterocycles. The van der Waals surface area contributed by atoms with Gasteiger partial charge in [0.2, 0.25) is 0 Å². The highest BCUT2D eigenvalue weighted by Gasteiger charge is 2.37. The normalized spacial score (nSPS) is 27.5. The molecule has 128 valence electrons. The van der Waals surface area contributed by atoms with E-state index in [1.54, 1.807) is 12.1 Å². The maximum atomic E-state index is 13.1. The van der Waals surface area contributed by atoms with Gasteiger partial charge in [0.15, 0.2) is 0 Å². The molecule has 1 N–H and O–H groups in total. The molecule has 2 heterocycles. The zero-order chi connectivity index (χ0) is 16.4. The summed E-state index contributed by atoms with van der Waals surface area (Å²) in [6.07, 6.45) is 2.40. The Morgan fingerprint density at radius 2 is 1.74 bits per heavy atom. The van der Waals surface area contributed by atoms with Crippen LogP contribution in [-0.4, -0.2) is 37.6 Å². The Balaban J connectivity index is 1.52. The van der Waals surface area contributed by atoms with Crippen molar-refractivity contribution in [3.05, 3.63) is 35.6 Å². The van der Waals surface area contributed by atoms with Crippen molar-refractivity contribution in [2.24, 2.45) is 17.3 Å². The SMILES string of the molecule is CC(C)(C)C1CNCC1CN1CCC(c2ccc(F)cc2)CC1. The Hall–Kier alpha value is -0.930. The van der Waals surface area contributed by atoms with Gasteiger partial charge in [-0.05, 0) is 79.9 Å². The first-order valence-corrected chi connectivity index (χ1v) is 9.12. The van der Waals surface area contributed by atoms with Crippen LogP contribution >= 0.6 is 0 Å². The van der Waals surface area contributed by atoms with Crippen molar-refractivity contribution in [3.63, 3.8) is 0 Å².